The number of rotatable bonds is 10. The predicted octanol–water partition coefficient (Wildman–Crippen LogP) is 0.739. The summed E-state index contributed by atoms with van der Waals surface area (Å²) in [6.45, 7) is 0.291. The highest BCUT2D eigenvalue weighted by molar-refractivity contribution is 6.32. The SMILES string of the molecule is Cc1cnc(COc2cc3oc(=O)n(CCC(=O)OCC(N)(CO)CO)c3cc2Cl)o1. The van der Waals surface area contributed by atoms with Crippen LogP contribution in [0.25, 0.3) is 11.1 Å². The van der Waals surface area contributed by atoms with Gasteiger partial charge in [-0.25, -0.2) is 9.78 Å². The van der Waals surface area contributed by atoms with Crippen LogP contribution in [-0.4, -0.2) is 51.1 Å². The summed E-state index contributed by atoms with van der Waals surface area (Å²) in [6.07, 6.45) is 1.40. The smallest absolute Gasteiger partial charge is 0.419 e. The van der Waals surface area contributed by atoms with Crippen LogP contribution in [0.4, 0.5) is 0 Å². The summed E-state index contributed by atoms with van der Waals surface area (Å²) in [5, 5.41) is 18.5. The van der Waals surface area contributed by atoms with E-state index in [1.54, 1.807) is 13.1 Å². The molecule has 0 fully saturated rings. The van der Waals surface area contributed by atoms with Crippen LogP contribution in [0.15, 0.2) is 32.0 Å². The molecule has 3 aromatic rings. The van der Waals surface area contributed by atoms with Gasteiger partial charge in [0.05, 0.1) is 41.9 Å². The molecule has 0 saturated heterocycles. The van der Waals surface area contributed by atoms with Crippen molar-refractivity contribution in [2.75, 3.05) is 19.8 Å². The first kappa shape index (κ1) is 22.8. The van der Waals surface area contributed by atoms with Gasteiger partial charge in [-0.1, -0.05) is 11.6 Å². The number of aryl methyl sites for hydroxylation is 2. The molecular formula is C19H22ClN3O8. The maximum Gasteiger partial charge on any atom is 0.419 e. The molecule has 12 heteroatoms. The molecule has 11 nitrogen and oxygen atoms in total. The van der Waals surface area contributed by atoms with Crippen molar-refractivity contribution in [1.82, 2.24) is 9.55 Å². The van der Waals surface area contributed by atoms with Crippen LogP contribution in [0.2, 0.25) is 5.02 Å². The van der Waals surface area contributed by atoms with Gasteiger partial charge in [0, 0.05) is 12.6 Å². The van der Waals surface area contributed by atoms with Crippen molar-refractivity contribution in [3.63, 3.8) is 0 Å². The van der Waals surface area contributed by atoms with Gasteiger partial charge >= 0.3 is 11.7 Å². The summed E-state index contributed by atoms with van der Waals surface area (Å²) < 4.78 is 22.3. The first-order valence-electron chi connectivity index (χ1n) is 9.28. The lowest BCUT2D eigenvalue weighted by molar-refractivity contribution is -0.146. The molecule has 0 aliphatic heterocycles. The number of benzene rings is 1. The molecule has 0 atom stereocenters. The third-order valence-electron chi connectivity index (χ3n) is 4.43. The Morgan fingerprint density at radius 2 is 2.06 bits per heavy atom. The molecule has 1 aromatic carbocycles. The van der Waals surface area contributed by atoms with E-state index < -0.39 is 30.5 Å². The van der Waals surface area contributed by atoms with Gasteiger partial charge in [0.2, 0.25) is 5.89 Å². The highest BCUT2D eigenvalue weighted by Gasteiger charge is 2.25. The average Bonchev–Trinajstić information content (AvgIpc) is 3.30. The minimum Gasteiger partial charge on any atom is -0.482 e. The number of esters is 1. The molecule has 0 aliphatic rings. The largest absolute Gasteiger partial charge is 0.482 e. The second kappa shape index (κ2) is 9.52. The molecule has 4 N–H and O–H groups in total. The molecule has 168 valence electrons. The first-order valence-corrected chi connectivity index (χ1v) is 9.65. The van der Waals surface area contributed by atoms with E-state index in [0.717, 1.165) is 0 Å². The molecule has 0 saturated carbocycles. The molecule has 31 heavy (non-hydrogen) atoms. The number of nitrogens with zero attached hydrogens (tertiary/aromatic N) is 2. The lowest BCUT2D eigenvalue weighted by atomic mass is 10.1. The average molecular weight is 456 g/mol. The van der Waals surface area contributed by atoms with Crippen LogP contribution in [0.3, 0.4) is 0 Å². The number of aromatic nitrogens is 2. The van der Waals surface area contributed by atoms with Crippen molar-refractivity contribution in [2.45, 2.75) is 32.0 Å². The minimum atomic E-state index is -1.43. The van der Waals surface area contributed by atoms with Crippen LogP contribution in [0, 0.1) is 6.92 Å². The van der Waals surface area contributed by atoms with E-state index in [0.29, 0.717) is 17.2 Å². The van der Waals surface area contributed by atoms with Gasteiger partial charge in [0.1, 0.15) is 18.1 Å². The second-order valence-corrected chi connectivity index (χ2v) is 7.42. The minimum absolute atomic E-state index is 0.0351. The third kappa shape index (κ3) is 5.44. The van der Waals surface area contributed by atoms with E-state index in [9.17, 15) is 9.59 Å². The van der Waals surface area contributed by atoms with E-state index in [1.807, 2.05) is 0 Å². The molecule has 0 amide bonds. The Kier molecular flexibility index (Phi) is 7.01. The molecule has 2 heterocycles. The normalized spacial score (nSPS) is 11.8. The summed E-state index contributed by atoms with van der Waals surface area (Å²) in [6, 6.07) is 2.96. The number of oxazole rings is 2. The van der Waals surface area contributed by atoms with Gasteiger partial charge in [-0.2, -0.15) is 0 Å². The number of ether oxygens (including phenoxy) is 2. The molecule has 0 aliphatic carbocycles. The maximum atomic E-state index is 12.2. The highest BCUT2D eigenvalue weighted by Crippen LogP contribution is 2.30. The van der Waals surface area contributed by atoms with Crippen LogP contribution >= 0.6 is 11.6 Å². The van der Waals surface area contributed by atoms with Crippen LogP contribution in [0.1, 0.15) is 18.1 Å². The van der Waals surface area contributed by atoms with Gasteiger partial charge in [-0.3, -0.25) is 9.36 Å². The number of hydrogen-bond donors (Lipinski definition) is 3. The Morgan fingerprint density at radius 1 is 1.32 bits per heavy atom. The lowest BCUT2D eigenvalue weighted by Crippen LogP contribution is -2.51. The topological polar surface area (TPSA) is 163 Å². The van der Waals surface area contributed by atoms with Crippen molar-refractivity contribution in [2.24, 2.45) is 5.73 Å². The van der Waals surface area contributed by atoms with Gasteiger partial charge in [-0.15, -0.1) is 0 Å². The number of carbonyl (C=O) groups excluding carboxylic acids is 1. The maximum absolute atomic E-state index is 12.2. The van der Waals surface area contributed by atoms with Crippen LogP contribution < -0.4 is 16.2 Å². The molecular weight excluding hydrogens is 434 g/mol. The lowest BCUT2D eigenvalue weighted by Gasteiger charge is -2.23. The van der Waals surface area contributed by atoms with Crippen LogP contribution in [-0.2, 0) is 22.7 Å². The van der Waals surface area contributed by atoms with Crippen molar-refractivity contribution < 1.29 is 33.3 Å². The van der Waals surface area contributed by atoms with Crippen molar-refractivity contribution >= 4 is 28.7 Å². The zero-order chi connectivity index (χ0) is 22.6. The van der Waals surface area contributed by atoms with Gasteiger partial charge in [-0.05, 0) is 13.0 Å². The third-order valence-corrected chi connectivity index (χ3v) is 4.73. The van der Waals surface area contributed by atoms with E-state index in [4.69, 9.17) is 45.9 Å². The summed E-state index contributed by atoms with van der Waals surface area (Å²) in [5.74, 6) is -0.0529. The predicted molar refractivity (Wildman–Crippen MR) is 108 cm³/mol. The number of fused-ring (bicyclic) bond motifs is 1. The number of halogens is 1. The van der Waals surface area contributed by atoms with Gasteiger partial charge in [0.15, 0.2) is 12.2 Å². The highest BCUT2D eigenvalue weighted by atomic mass is 35.5. The quantitative estimate of drug-likeness (QED) is 0.371. The first-order chi connectivity index (χ1) is 14.7. The van der Waals surface area contributed by atoms with Gasteiger partial charge < -0.3 is 34.3 Å². The van der Waals surface area contributed by atoms with E-state index >= 15 is 0 Å². The van der Waals surface area contributed by atoms with Gasteiger partial charge in [0.25, 0.3) is 0 Å². The number of aliphatic hydroxyl groups excluding tert-OH is 2. The molecule has 0 radical (unpaired) electrons. The van der Waals surface area contributed by atoms with Crippen molar-refractivity contribution in [1.29, 1.82) is 0 Å². The fourth-order valence-electron chi connectivity index (χ4n) is 2.64. The Labute approximate surface area is 180 Å². The Morgan fingerprint density at radius 3 is 2.71 bits per heavy atom. The van der Waals surface area contributed by atoms with E-state index in [-0.39, 0.29) is 42.5 Å². The van der Waals surface area contributed by atoms with Crippen LogP contribution in [0.5, 0.6) is 5.75 Å². The number of hydrogen-bond acceptors (Lipinski definition) is 10. The standard InChI is InChI=1S/C19H22ClN3O8/c1-11-6-22-16(30-11)7-28-14-5-15-13(4-12(14)20)23(18(27)31-15)3-2-17(26)29-10-19(21,8-24)9-25/h4-6,24-25H,2-3,7-10,21H2,1H3. The van der Waals surface area contributed by atoms with E-state index in [1.165, 1.54) is 16.7 Å². The summed E-state index contributed by atoms with van der Waals surface area (Å²) in [4.78, 5) is 28.2. The number of carbonyl (C=O) groups is 1. The molecule has 0 spiro atoms. The van der Waals surface area contributed by atoms with Crippen molar-refractivity contribution in [3.05, 3.63) is 45.6 Å². The summed E-state index contributed by atoms with van der Waals surface area (Å²) in [7, 11) is 0. The summed E-state index contributed by atoms with van der Waals surface area (Å²) in [5.41, 5.74) is 4.82. The Bertz CT molecular complexity index is 1120. The fourth-order valence-corrected chi connectivity index (χ4v) is 2.85. The monoisotopic (exact) mass is 455 g/mol. The van der Waals surface area contributed by atoms with Crippen molar-refractivity contribution in [3.8, 4) is 5.75 Å². The molecule has 2 aromatic heterocycles. The molecule has 3 rings (SSSR count). The fraction of sp³-hybridized carbons (Fsp3) is 0.421. The Hall–Kier alpha value is -2.86. The summed E-state index contributed by atoms with van der Waals surface area (Å²) >= 11 is 6.26. The Balaban J connectivity index is 1.67. The van der Waals surface area contributed by atoms with E-state index in [2.05, 4.69) is 4.98 Å². The number of nitrogens with two attached hydrogens (primary N) is 1. The molecule has 0 bridgehead atoms. The zero-order valence-corrected chi connectivity index (χ0v) is 17.4. The second-order valence-electron chi connectivity index (χ2n) is 7.01. The number of aliphatic hydroxyl groups is 2. The molecule has 0 unspecified atom stereocenters. The zero-order valence-electron chi connectivity index (χ0n) is 16.7.